The van der Waals surface area contributed by atoms with E-state index < -0.39 is 10.0 Å². The fourth-order valence-electron chi connectivity index (χ4n) is 1.55. The lowest BCUT2D eigenvalue weighted by Gasteiger charge is -2.07. The Balaban J connectivity index is 2.38. The lowest BCUT2D eigenvalue weighted by molar-refractivity contribution is 0.601. The van der Waals surface area contributed by atoms with Crippen molar-refractivity contribution in [3.05, 3.63) is 34.3 Å². The number of thiazole rings is 1. The number of anilines is 2. The molecule has 0 fully saturated rings. The Labute approximate surface area is 120 Å². The molecule has 0 aliphatic heterocycles. The van der Waals surface area contributed by atoms with Gasteiger partial charge in [0, 0.05) is 4.88 Å². The largest absolute Gasteiger partial charge is 0.398 e. The summed E-state index contributed by atoms with van der Waals surface area (Å²) in [5, 5.41) is 9.04. The summed E-state index contributed by atoms with van der Waals surface area (Å²) in [6.07, 6.45) is 0. The average molecular weight is 308 g/mol. The summed E-state index contributed by atoms with van der Waals surface area (Å²) < 4.78 is 26.9. The lowest BCUT2D eigenvalue weighted by Crippen LogP contribution is -2.14. The molecule has 2 rings (SSSR count). The maximum Gasteiger partial charge on any atom is 0.265 e. The van der Waals surface area contributed by atoms with E-state index in [2.05, 4.69) is 9.71 Å². The Morgan fingerprint density at radius 1 is 1.40 bits per heavy atom. The van der Waals surface area contributed by atoms with Gasteiger partial charge in [0.15, 0.2) is 5.13 Å². The van der Waals surface area contributed by atoms with Crippen molar-refractivity contribution in [1.29, 1.82) is 5.26 Å². The molecule has 0 spiro atoms. The topological polar surface area (TPSA) is 109 Å². The van der Waals surface area contributed by atoms with Crippen LogP contribution in [0.4, 0.5) is 10.8 Å². The SMILES string of the molecule is Cc1nc(NS(=O)(=O)c2ccc(C#N)cc2N)sc1C. The molecule has 1 heterocycles. The zero-order valence-electron chi connectivity index (χ0n) is 10.8. The van der Waals surface area contributed by atoms with E-state index in [1.54, 1.807) is 6.92 Å². The van der Waals surface area contributed by atoms with Crippen LogP contribution < -0.4 is 10.5 Å². The second-order valence-electron chi connectivity index (χ2n) is 4.13. The highest BCUT2D eigenvalue weighted by atomic mass is 32.2. The van der Waals surface area contributed by atoms with E-state index in [1.807, 2.05) is 13.0 Å². The van der Waals surface area contributed by atoms with Crippen LogP contribution in [0.5, 0.6) is 0 Å². The van der Waals surface area contributed by atoms with Gasteiger partial charge >= 0.3 is 0 Å². The molecule has 0 radical (unpaired) electrons. The highest BCUT2D eigenvalue weighted by Crippen LogP contribution is 2.26. The van der Waals surface area contributed by atoms with Gasteiger partial charge in [0.05, 0.1) is 23.0 Å². The van der Waals surface area contributed by atoms with Gasteiger partial charge in [-0.15, -0.1) is 11.3 Å². The molecular weight excluding hydrogens is 296 g/mol. The summed E-state index contributed by atoms with van der Waals surface area (Å²) in [5.41, 5.74) is 6.80. The van der Waals surface area contributed by atoms with Crippen molar-refractivity contribution in [2.75, 3.05) is 10.5 Å². The maximum absolute atomic E-state index is 12.2. The number of hydrogen-bond acceptors (Lipinski definition) is 6. The molecule has 0 saturated heterocycles. The van der Waals surface area contributed by atoms with Crippen molar-refractivity contribution in [3.8, 4) is 6.07 Å². The van der Waals surface area contributed by atoms with E-state index >= 15 is 0 Å². The van der Waals surface area contributed by atoms with Crippen LogP contribution in [0, 0.1) is 25.2 Å². The van der Waals surface area contributed by atoms with Crippen LogP contribution in [0.3, 0.4) is 0 Å². The molecule has 3 N–H and O–H groups in total. The molecule has 0 unspecified atom stereocenters. The molecule has 0 aliphatic rings. The van der Waals surface area contributed by atoms with Crippen LogP contribution in [0.15, 0.2) is 23.1 Å². The van der Waals surface area contributed by atoms with E-state index in [0.717, 1.165) is 10.6 Å². The lowest BCUT2D eigenvalue weighted by atomic mass is 10.2. The molecule has 0 bridgehead atoms. The summed E-state index contributed by atoms with van der Waals surface area (Å²) in [6.45, 7) is 3.67. The molecule has 2 aromatic rings. The van der Waals surface area contributed by atoms with Crippen molar-refractivity contribution < 1.29 is 8.42 Å². The van der Waals surface area contributed by atoms with Crippen LogP contribution in [-0.2, 0) is 10.0 Å². The molecule has 0 amide bonds. The molecule has 0 atom stereocenters. The number of nitrogens with two attached hydrogens (primary N) is 1. The minimum Gasteiger partial charge on any atom is -0.398 e. The van der Waals surface area contributed by atoms with Gasteiger partial charge in [0.25, 0.3) is 10.0 Å². The zero-order valence-corrected chi connectivity index (χ0v) is 12.5. The van der Waals surface area contributed by atoms with Gasteiger partial charge in [0.1, 0.15) is 4.90 Å². The van der Waals surface area contributed by atoms with Gasteiger partial charge in [-0.25, -0.2) is 13.4 Å². The predicted molar refractivity (Wildman–Crippen MR) is 78.0 cm³/mol. The standard InChI is InChI=1S/C12H12N4O2S2/c1-7-8(2)19-12(15-7)16-20(17,18)11-4-3-9(6-13)5-10(11)14/h3-5H,14H2,1-2H3,(H,15,16). The number of nitriles is 1. The van der Waals surface area contributed by atoms with Gasteiger partial charge in [-0.05, 0) is 32.0 Å². The summed E-state index contributed by atoms with van der Waals surface area (Å²) in [6, 6.07) is 5.94. The Kier molecular flexibility index (Phi) is 3.65. The second kappa shape index (κ2) is 5.11. The number of nitrogens with zero attached hydrogens (tertiary/aromatic N) is 2. The van der Waals surface area contributed by atoms with E-state index in [0.29, 0.717) is 10.7 Å². The van der Waals surface area contributed by atoms with Gasteiger partial charge in [-0.1, -0.05) is 0 Å². The first-order valence-electron chi connectivity index (χ1n) is 5.60. The molecule has 0 saturated carbocycles. The molecule has 104 valence electrons. The van der Waals surface area contributed by atoms with Crippen LogP contribution in [-0.4, -0.2) is 13.4 Å². The van der Waals surface area contributed by atoms with Gasteiger partial charge in [-0.2, -0.15) is 5.26 Å². The number of benzene rings is 1. The molecule has 0 aliphatic carbocycles. The Morgan fingerprint density at radius 2 is 2.10 bits per heavy atom. The number of aromatic nitrogens is 1. The fourth-order valence-corrected chi connectivity index (χ4v) is 3.71. The number of aryl methyl sites for hydroxylation is 2. The molecule has 8 heteroatoms. The first-order valence-corrected chi connectivity index (χ1v) is 7.90. The fraction of sp³-hybridized carbons (Fsp3) is 0.167. The van der Waals surface area contributed by atoms with Gasteiger partial charge in [0.2, 0.25) is 0 Å². The third-order valence-corrected chi connectivity index (χ3v) is 5.21. The monoisotopic (exact) mass is 308 g/mol. The molecule has 1 aromatic carbocycles. The number of nitrogens with one attached hydrogen (secondary N) is 1. The summed E-state index contributed by atoms with van der Waals surface area (Å²) >= 11 is 1.25. The zero-order chi connectivity index (χ0) is 14.9. The van der Waals surface area contributed by atoms with Crippen LogP contribution in [0.2, 0.25) is 0 Å². The third kappa shape index (κ3) is 2.74. The first-order chi connectivity index (χ1) is 9.33. The number of hydrogen-bond donors (Lipinski definition) is 2. The summed E-state index contributed by atoms with van der Waals surface area (Å²) in [4.78, 5) is 4.99. The third-order valence-electron chi connectivity index (χ3n) is 2.68. The van der Waals surface area contributed by atoms with Crippen LogP contribution in [0.1, 0.15) is 16.1 Å². The number of sulfonamides is 1. The minimum atomic E-state index is -3.81. The predicted octanol–water partition coefficient (Wildman–Crippen LogP) is 2.01. The van der Waals surface area contributed by atoms with Crippen molar-refractivity contribution >= 4 is 32.2 Å². The molecule has 6 nitrogen and oxygen atoms in total. The second-order valence-corrected chi connectivity index (χ2v) is 6.98. The van der Waals surface area contributed by atoms with Gasteiger partial charge < -0.3 is 5.73 Å². The Morgan fingerprint density at radius 3 is 2.60 bits per heavy atom. The van der Waals surface area contributed by atoms with E-state index in [4.69, 9.17) is 11.0 Å². The molecular formula is C12H12N4O2S2. The van der Waals surface area contributed by atoms with Crippen molar-refractivity contribution in [2.24, 2.45) is 0 Å². The maximum atomic E-state index is 12.2. The number of rotatable bonds is 3. The Hall–Kier alpha value is -2.11. The van der Waals surface area contributed by atoms with Crippen LogP contribution >= 0.6 is 11.3 Å². The molecule has 20 heavy (non-hydrogen) atoms. The highest BCUT2D eigenvalue weighted by molar-refractivity contribution is 7.93. The van der Waals surface area contributed by atoms with Crippen LogP contribution in [0.25, 0.3) is 0 Å². The summed E-state index contributed by atoms with van der Waals surface area (Å²) in [7, 11) is -3.81. The normalized spacial score (nSPS) is 11.1. The highest BCUT2D eigenvalue weighted by Gasteiger charge is 2.19. The smallest absolute Gasteiger partial charge is 0.265 e. The minimum absolute atomic E-state index is 0.0292. The quantitative estimate of drug-likeness (QED) is 0.843. The average Bonchev–Trinajstić information content (AvgIpc) is 2.66. The first kappa shape index (κ1) is 14.3. The van der Waals surface area contributed by atoms with E-state index in [1.165, 1.54) is 29.5 Å². The van der Waals surface area contributed by atoms with Gasteiger partial charge in [-0.3, -0.25) is 4.72 Å². The number of nitrogen functional groups attached to an aromatic ring is 1. The van der Waals surface area contributed by atoms with E-state index in [-0.39, 0.29) is 10.6 Å². The van der Waals surface area contributed by atoms with Crippen molar-refractivity contribution in [3.63, 3.8) is 0 Å². The van der Waals surface area contributed by atoms with Crippen molar-refractivity contribution in [1.82, 2.24) is 4.98 Å². The summed E-state index contributed by atoms with van der Waals surface area (Å²) in [5.74, 6) is 0. The van der Waals surface area contributed by atoms with E-state index in [9.17, 15) is 8.42 Å². The molecule has 1 aromatic heterocycles. The van der Waals surface area contributed by atoms with Crippen molar-refractivity contribution in [2.45, 2.75) is 18.7 Å². The Bertz CT molecular complexity index is 784.